The third kappa shape index (κ3) is 6.91. The Morgan fingerprint density at radius 2 is 1.41 bits per heavy atom. The molecule has 3 nitrogen and oxygen atoms in total. The van der Waals surface area contributed by atoms with Gasteiger partial charge in [-0.15, -0.1) is 0 Å². The van der Waals surface area contributed by atoms with Gasteiger partial charge in [-0.1, -0.05) is 50.1 Å². The summed E-state index contributed by atoms with van der Waals surface area (Å²) in [5.41, 5.74) is 1.51. The largest absolute Gasteiger partial charge is 0.344 e. The van der Waals surface area contributed by atoms with Crippen molar-refractivity contribution in [3.63, 3.8) is 0 Å². The minimum atomic E-state index is 0. The van der Waals surface area contributed by atoms with Crippen molar-refractivity contribution in [3.8, 4) is 0 Å². The first-order chi connectivity index (χ1) is 10.4. The molecule has 2 aliphatic heterocycles. The summed E-state index contributed by atoms with van der Waals surface area (Å²) >= 11 is 0. The molecule has 1 aromatic carbocycles. The van der Waals surface area contributed by atoms with E-state index in [0.29, 0.717) is 0 Å². The third-order valence-electron chi connectivity index (χ3n) is 4.77. The average molecular weight is 306 g/mol. The summed E-state index contributed by atoms with van der Waals surface area (Å²) in [5, 5.41) is 6.76. The van der Waals surface area contributed by atoms with Crippen LogP contribution >= 0.6 is 0 Å². The Kier molecular flexibility index (Phi) is 10.1. The maximum absolute atomic E-state index is 3.38. The molecule has 3 heteroatoms. The van der Waals surface area contributed by atoms with Crippen LogP contribution < -0.4 is 16.8 Å². The smallest absolute Gasteiger partial charge is 0.00431 e. The first kappa shape index (κ1) is 19.1. The van der Waals surface area contributed by atoms with Gasteiger partial charge in [0, 0.05) is 0 Å². The molecule has 2 saturated heterocycles. The van der Waals surface area contributed by atoms with Crippen LogP contribution in [0, 0.1) is 5.92 Å². The van der Waals surface area contributed by atoms with Crippen LogP contribution in [0.15, 0.2) is 30.3 Å². The van der Waals surface area contributed by atoms with Gasteiger partial charge in [-0.2, -0.15) is 0 Å². The molecule has 0 atom stereocenters. The number of nitrogens with one attached hydrogen (secondary N) is 2. The fraction of sp³-hybridized carbons (Fsp3) is 0.684. The van der Waals surface area contributed by atoms with E-state index in [0.717, 1.165) is 11.8 Å². The molecular weight excluding hydrogens is 270 g/mol. The van der Waals surface area contributed by atoms with Gasteiger partial charge in [0.15, 0.2) is 0 Å². The van der Waals surface area contributed by atoms with Crippen molar-refractivity contribution >= 4 is 0 Å². The molecule has 0 radical (unpaired) electrons. The van der Waals surface area contributed by atoms with Crippen molar-refractivity contribution in [3.05, 3.63) is 35.9 Å². The van der Waals surface area contributed by atoms with E-state index in [-0.39, 0.29) is 6.15 Å². The lowest BCUT2D eigenvalue weighted by molar-refractivity contribution is 0.351. The Balaban J connectivity index is 0.000000219. The number of benzene rings is 1. The first-order valence-electron chi connectivity index (χ1n) is 8.86. The molecule has 0 aromatic heterocycles. The van der Waals surface area contributed by atoms with Crippen LogP contribution in [0.5, 0.6) is 0 Å². The topological polar surface area (TPSA) is 59.1 Å². The van der Waals surface area contributed by atoms with E-state index in [2.05, 4.69) is 47.9 Å². The molecule has 0 amide bonds. The summed E-state index contributed by atoms with van der Waals surface area (Å²) in [6, 6.07) is 10.9. The minimum Gasteiger partial charge on any atom is -0.344 e. The Hall–Kier alpha value is -0.900. The normalized spacial score (nSPS) is 19.7. The summed E-state index contributed by atoms with van der Waals surface area (Å²) in [5.74, 6) is 1.84. The maximum Gasteiger partial charge on any atom is -0.00431 e. The van der Waals surface area contributed by atoms with Crippen molar-refractivity contribution in [2.45, 2.75) is 51.4 Å². The molecule has 1 aromatic rings. The van der Waals surface area contributed by atoms with Crippen LogP contribution in [0.2, 0.25) is 0 Å². The third-order valence-corrected chi connectivity index (χ3v) is 4.77. The van der Waals surface area contributed by atoms with Crippen LogP contribution in [0.3, 0.4) is 0 Å². The molecule has 0 aliphatic carbocycles. The van der Waals surface area contributed by atoms with Gasteiger partial charge in [-0.05, 0) is 69.3 Å². The maximum atomic E-state index is 3.38. The second kappa shape index (κ2) is 11.6. The highest BCUT2D eigenvalue weighted by Crippen LogP contribution is 2.24. The van der Waals surface area contributed by atoms with Crippen LogP contribution in [0.25, 0.3) is 0 Å². The zero-order valence-corrected chi connectivity index (χ0v) is 14.3. The summed E-state index contributed by atoms with van der Waals surface area (Å²) in [4.78, 5) is 0. The van der Waals surface area contributed by atoms with Gasteiger partial charge < -0.3 is 16.8 Å². The van der Waals surface area contributed by atoms with Crippen molar-refractivity contribution in [2.24, 2.45) is 5.92 Å². The molecule has 0 saturated carbocycles. The van der Waals surface area contributed by atoms with E-state index < -0.39 is 0 Å². The molecule has 0 bridgehead atoms. The number of piperidine rings is 2. The van der Waals surface area contributed by atoms with Gasteiger partial charge in [0.1, 0.15) is 0 Å². The van der Waals surface area contributed by atoms with Gasteiger partial charge in [-0.3, -0.25) is 0 Å². The van der Waals surface area contributed by atoms with Crippen LogP contribution in [0.1, 0.15) is 56.9 Å². The molecule has 5 N–H and O–H groups in total. The molecule has 126 valence electrons. The molecule has 3 rings (SSSR count). The highest BCUT2D eigenvalue weighted by atomic mass is 14.9. The lowest BCUT2D eigenvalue weighted by atomic mass is 9.90. The fourth-order valence-electron chi connectivity index (χ4n) is 3.46. The van der Waals surface area contributed by atoms with E-state index in [9.17, 15) is 0 Å². The van der Waals surface area contributed by atoms with Crippen molar-refractivity contribution in [1.29, 1.82) is 0 Å². The monoisotopic (exact) mass is 305 g/mol. The van der Waals surface area contributed by atoms with Gasteiger partial charge in [0.25, 0.3) is 0 Å². The fourth-order valence-corrected chi connectivity index (χ4v) is 3.46. The Morgan fingerprint density at radius 3 is 1.95 bits per heavy atom. The van der Waals surface area contributed by atoms with Gasteiger partial charge in [0.05, 0.1) is 0 Å². The molecular formula is C19H35N3. The standard InChI is InChI=1S/C11H15N.C8H17N.H3N/c1-2-4-10(5-3-1)11-6-8-12-9-7-11;1-2-3-8-4-6-9-7-5-8;/h1-5,11-12H,6-9H2;8-9H,2-7H2,1H3;1H3. The van der Waals surface area contributed by atoms with E-state index in [4.69, 9.17) is 0 Å². The molecule has 22 heavy (non-hydrogen) atoms. The Bertz CT molecular complexity index is 351. The minimum absolute atomic E-state index is 0. The van der Waals surface area contributed by atoms with Crippen LogP contribution in [-0.4, -0.2) is 26.2 Å². The zero-order valence-electron chi connectivity index (χ0n) is 14.3. The Labute approximate surface area is 136 Å². The Morgan fingerprint density at radius 1 is 0.864 bits per heavy atom. The summed E-state index contributed by atoms with van der Waals surface area (Å²) in [6.45, 7) is 7.15. The highest BCUT2D eigenvalue weighted by molar-refractivity contribution is 5.19. The predicted molar refractivity (Wildman–Crippen MR) is 96.8 cm³/mol. The second-order valence-corrected chi connectivity index (χ2v) is 6.42. The predicted octanol–water partition coefficient (Wildman–Crippen LogP) is 4.10. The molecule has 2 heterocycles. The number of hydrogen-bond donors (Lipinski definition) is 3. The van der Waals surface area contributed by atoms with Crippen LogP contribution in [0.4, 0.5) is 0 Å². The molecule has 0 unspecified atom stereocenters. The lowest BCUT2D eigenvalue weighted by Gasteiger charge is -2.22. The summed E-state index contributed by atoms with van der Waals surface area (Å²) in [7, 11) is 0. The molecule has 2 fully saturated rings. The summed E-state index contributed by atoms with van der Waals surface area (Å²) < 4.78 is 0. The van der Waals surface area contributed by atoms with Gasteiger partial charge in [0.2, 0.25) is 0 Å². The number of hydrogen-bond acceptors (Lipinski definition) is 3. The molecule has 0 spiro atoms. The lowest BCUT2D eigenvalue weighted by Crippen LogP contribution is -2.27. The van der Waals surface area contributed by atoms with Crippen molar-refractivity contribution in [2.75, 3.05) is 26.2 Å². The first-order valence-corrected chi connectivity index (χ1v) is 8.86. The van der Waals surface area contributed by atoms with Gasteiger partial charge >= 0.3 is 0 Å². The van der Waals surface area contributed by atoms with Gasteiger partial charge in [-0.25, -0.2) is 0 Å². The van der Waals surface area contributed by atoms with E-state index in [1.54, 1.807) is 0 Å². The SMILES string of the molecule is CCCC1CCNCC1.N.c1ccc(C2CCNCC2)cc1. The van der Waals surface area contributed by atoms with Crippen molar-refractivity contribution < 1.29 is 0 Å². The summed E-state index contributed by atoms with van der Waals surface area (Å²) in [6.07, 6.45) is 8.22. The zero-order chi connectivity index (χ0) is 14.8. The van der Waals surface area contributed by atoms with Crippen LogP contribution in [-0.2, 0) is 0 Å². The van der Waals surface area contributed by atoms with E-state index in [1.165, 1.54) is 70.3 Å². The molecule has 2 aliphatic rings. The highest BCUT2D eigenvalue weighted by Gasteiger charge is 2.13. The van der Waals surface area contributed by atoms with E-state index >= 15 is 0 Å². The van der Waals surface area contributed by atoms with Crippen molar-refractivity contribution in [1.82, 2.24) is 16.8 Å². The number of rotatable bonds is 3. The van der Waals surface area contributed by atoms with E-state index in [1.807, 2.05) is 0 Å². The quantitative estimate of drug-likeness (QED) is 0.788. The second-order valence-electron chi connectivity index (χ2n) is 6.42. The average Bonchev–Trinajstić information content (AvgIpc) is 2.58.